The molecule has 7 rings (SSSR count). The van der Waals surface area contributed by atoms with Crippen LogP contribution in [0.3, 0.4) is 0 Å². The Labute approximate surface area is 361 Å². The minimum atomic E-state index is -0.711. The lowest BCUT2D eigenvalue weighted by atomic mass is 9.84. The Hall–Kier alpha value is -6.38. The third-order valence-electron chi connectivity index (χ3n) is 10.5. The number of carbonyl (C=O) groups is 2. The predicted octanol–water partition coefficient (Wildman–Crippen LogP) is 12.2. The highest BCUT2D eigenvalue weighted by molar-refractivity contribution is 6.14. The third-order valence-corrected chi connectivity index (χ3v) is 10.5. The minimum absolute atomic E-state index is 0.0801. The molecule has 0 bridgehead atoms. The highest BCUT2D eigenvalue weighted by Crippen LogP contribution is 2.43. The van der Waals surface area contributed by atoms with Crippen molar-refractivity contribution in [1.29, 1.82) is 0 Å². The number of nitrogens with one attached hydrogen (secondary N) is 1. The zero-order valence-electron chi connectivity index (χ0n) is 36.9. The second-order valence-electron chi connectivity index (χ2n) is 17.3. The molecule has 8 nitrogen and oxygen atoms in total. The molecular weight excluding hydrogens is 761 g/mol. The van der Waals surface area contributed by atoms with Crippen molar-refractivity contribution in [1.82, 2.24) is 0 Å². The number of aldehydes is 1. The molecule has 316 valence electrons. The van der Waals surface area contributed by atoms with Crippen LogP contribution in [0.4, 0.5) is 16.2 Å². The van der Waals surface area contributed by atoms with Crippen molar-refractivity contribution in [2.45, 2.75) is 77.7 Å². The van der Waals surface area contributed by atoms with Gasteiger partial charge in [0.2, 0.25) is 0 Å². The van der Waals surface area contributed by atoms with E-state index < -0.39 is 17.2 Å². The first kappa shape index (κ1) is 44.2. The number of para-hydroxylation sites is 2. The van der Waals surface area contributed by atoms with Gasteiger partial charge in [0.25, 0.3) is 0 Å². The number of hydrogen-bond acceptors (Lipinski definition) is 7. The van der Waals surface area contributed by atoms with Crippen molar-refractivity contribution in [3.63, 3.8) is 0 Å². The van der Waals surface area contributed by atoms with Crippen LogP contribution in [0.5, 0.6) is 11.5 Å². The van der Waals surface area contributed by atoms with Crippen molar-refractivity contribution in [2.75, 3.05) is 31.0 Å². The number of ether oxygens (including phenoxy) is 4. The topological polar surface area (TPSA) is 86.3 Å². The molecule has 5 aromatic carbocycles. The van der Waals surface area contributed by atoms with Crippen LogP contribution < -0.4 is 19.7 Å². The van der Waals surface area contributed by atoms with Crippen LogP contribution in [-0.2, 0) is 20.7 Å². The Balaban J connectivity index is 0.000000205. The predicted molar refractivity (Wildman–Crippen MR) is 249 cm³/mol. The Morgan fingerprint density at radius 3 is 1.90 bits per heavy atom. The largest absolute Gasteiger partial charge is 0.496 e. The molecule has 2 aliphatic heterocycles. The number of fused-ring (bicyclic) bond motifs is 2. The van der Waals surface area contributed by atoms with Gasteiger partial charge < -0.3 is 24.3 Å². The first-order chi connectivity index (χ1) is 29.1. The average molecular weight is 819 g/mol. The summed E-state index contributed by atoms with van der Waals surface area (Å²) in [6, 6.07) is 38.6. The molecule has 0 saturated heterocycles. The quantitative estimate of drug-likeness (QED) is 0.105. The number of allylic oxidation sites excluding steroid dienone is 1. The van der Waals surface area contributed by atoms with Crippen LogP contribution >= 0.6 is 0 Å². The molecular formula is C53H58N2O6. The molecule has 0 spiro atoms. The summed E-state index contributed by atoms with van der Waals surface area (Å²) in [7, 11) is 3.34. The summed E-state index contributed by atoms with van der Waals surface area (Å²) < 4.78 is 23.1. The second kappa shape index (κ2) is 18.5. The summed E-state index contributed by atoms with van der Waals surface area (Å²) in [5.74, 6) is 1.61. The van der Waals surface area contributed by atoms with E-state index in [4.69, 9.17) is 18.9 Å². The fourth-order valence-electron chi connectivity index (χ4n) is 7.91. The summed E-state index contributed by atoms with van der Waals surface area (Å²) >= 11 is 0. The Morgan fingerprint density at radius 2 is 1.33 bits per heavy atom. The second-order valence-corrected chi connectivity index (χ2v) is 17.3. The zero-order chi connectivity index (χ0) is 44.0. The highest BCUT2D eigenvalue weighted by Gasteiger charge is 2.39. The van der Waals surface area contributed by atoms with Gasteiger partial charge in [-0.15, -0.1) is 6.58 Å². The van der Waals surface area contributed by atoms with Gasteiger partial charge >= 0.3 is 6.09 Å². The number of carbonyl (C=O) groups excluding carboxylic acids is 2. The molecule has 0 aliphatic carbocycles. The third kappa shape index (κ3) is 10.3. The summed E-state index contributed by atoms with van der Waals surface area (Å²) in [6.45, 7) is 18.0. The van der Waals surface area contributed by atoms with E-state index in [0.717, 1.165) is 57.7 Å². The number of methoxy groups -OCH3 is 2. The zero-order valence-corrected chi connectivity index (χ0v) is 36.9. The fourth-order valence-corrected chi connectivity index (χ4v) is 7.91. The van der Waals surface area contributed by atoms with Gasteiger partial charge in [-0.1, -0.05) is 91.0 Å². The number of nitrogens with zero attached hydrogens (tertiary/aromatic N) is 1. The van der Waals surface area contributed by atoms with Gasteiger partial charge in [-0.05, 0) is 113 Å². The summed E-state index contributed by atoms with van der Waals surface area (Å²) in [5, 5.41) is 3.66. The van der Waals surface area contributed by atoms with Crippen molar-refractivity contribution in [2.24, 2.45) is 0 Å². The number of amides is 1. The lowest BCUT2D eigenvalue weighted by Crippen LogP contribution is -2.50. The Bertz CT molecular complexity index is 2440. The summed E-state index contributed by atoms with van der Waals surface area (Å²) in [5.41, 5.74) is 9.11. The van der Waals surface area contributed by atoms with Gasteiger partial charge in [-0.25, -0.2) is 4.79 Å². The molecule has 0 fully saturated rings. The minimum Gasteiger partial charge on any atom is -0.496 e. The molecule has 2 heterocycles. The van der Waals surface area contributed by atoms with Crippen LogP contribution in [0, 0.1) is 0 Å². The smallest absolute Gasteiger partial charge is 0.415 e. The van der Waals surface area contributed by atoms with E-state index in [1.54, 1.807) is 25.2 Å². The van der Waals surface area contributed by atoms with Gasteiger partial charge in [-0.2, -0.15) is 0 Å². The molecule has 0 aromatic heterocycles. The standard InChI is InChI=1S/C29H31NO2.C24H27NO4/c1-5-17-32-28(18-21-11-7-6-8-12-21)25-20-29(2,3)30-26-16-15-22(19-24(25)26)23-13-9-10-14-27(23)31-4;1-23(2,3)29-22(27)25-20-12-11-16(18-9-7-8-10-21(18)28-6)13-19(20)17(15-26)14-24(25,4)5/h5-16,19-20,28,30H,1,17-18H2,2-4H3;7-15H,1-6H3. The monoisotopic (exact) mass is 818 g/mol. The number of anilines is 2. The van der Waals surface area contributed by atoms with Crippen molar-refractivity contribution in [3.05, 3.63) is 157 Å². The van der Waals surface area contributed by atoms with Crippen LogP contribution in [0.25, 0.3) is 33.4 Å². The van der Waals surface area contributed by atoms with E-state index >= 15 is 0 Å². The molecule has 61 heavy (non-hydrogen) atoms. The lowest BCUT2D eigenvalue weighted by molar-refractivity contribution is -0.103. The maximum Gasteiger partial charge on any atom is 0.415 e. The van der Waals surface area contributed by atoms with E-state index in [2.05, 4.69) is 80.4 Å². The molecule has 1 amide bonds. The molecule has 0 saturated carbocycles. The van der Waals surface area contributed by atoms with Gasteiger partial charge in [0.05, 0.1) is 43.7 Å². The van der Waals surface area contributed by atoms with E-state index in [1.165, 1.54) is 11.1 Å². The molecule has 0 radical (unpaired) electrons. The van der Waals surface area contributed by atoms with Crippen molar-refractivity contribution in [3.8, 4) is 33.8 Å². The van der Waals surface area contributed by atoms with Gasteiger partial charge in [0, 0.05) is 39.9 Å². The summed E-state index contributed by atoms with van der Waals surface area (Å²) in [6.07, 6.45) is 7.03. The van der Waals surface area contributed by atoms with Gasteiger partial charge in [0.15, 0.2) is 0 Å². The average Bonchev–Trinajstić information content (AvgIpc) is 3.23. The normalized spacial score (nSPS) is 15.2. The Morgan fingerprint density at radius 1 is 0.754 bits per heavy atom. The van der Waals surface area contributed by atoms with E-state index in [1.807, 2.05) is 107 Å². The van der Waals surface area contributed by atoms with E-state index in [-0.39, 0.29) is 11.6 Å². The molecule has 2 aliphatic rings. The molecule has 1 atom stereocenters. The number of hydrogen-bond donors (Lipinski definition) is 1. The first-order valence-corrected chi connectivity index (χ1v) is 20.6. The van der Waals surface area contributed by atoms with E-state index in [0.29, 0.717) is 23.4 Å². The molecule has 1 unspecified atom stereocenters. The van der Waals surface area contributed by atoms with Crippen molar-refractivity contribution >= 4 is 34.9 Å². The maximum atomic E-state index is 13.0. The fraction of sp³-hybridized carbons (Fsp3) is 0.283. The van der Waals surface area contributed by atoms with Crippen molar-refractivity contribution < 1.29 is 28.5 Å². The maximum absolute atomic E-state index is 13.0. The SMILES string of the molecule is C=CCOC(Cc1ccccc1)C1=CC(C)(C)Nc2ccc(-c3ccccc3OC)cc21.COc1ccccc1-c1ccc2c(c1)C(C=O)=CC(C)(C)N2C(=O)OC(C)(C)C. The Kier molecular flexibility index (Phi) is 13.4. The van der Waals surface area contributed by atoms with Crippen LogP contribution in [0.15, 0.2) is 140 Å². The number of rotatable bonds is 11. The van der Waals surface area contributed by atoms with Gasteiger partial charge in [-0.3, -0.25) is 9.69 Å². The summed E-state index contributed by atoms with van der Waals surface area (Å²) in [4.78, 5) is 26.5. The number of benzene rings is 5. The van der Waals surface area contributed by atoms with Gasteiger partial charge in [0.1, 0.15) is 23.4 Å². The molecule has 8 heteroatoms. The highest BCUT2D eigenvalue weighted by atomic mass is 16.6. The lowest BCUT2D eigenvalue weighted by Gasteiger charge is -2.41. The first-order valence-electron chi connectivity index (χ1n) is 20.6. The van der Waals surface area contributed by atoms with Crippen LogP contribution in [0.1, 0.15) is 65.2 Å². The van der Waals surface area contributed by atoms with Crippen LogP contribution in [-0.4, -0.2) is 56.0 Å². The molecule has 1 N–H and O–H groups in total. The van der Waals surface area contributed by atoms with E-state index in [9.17, 15) is 9.59 Å². The van der Waals surface area contributed by atoms with Crippen LogP contribution in [0.2, 0.25) is 0 Å². The molecule has 5 aromatic rings.